The summed E-state index contributed by atoms with van der Waals surface area (Å²) < 4.78 is 0. The van der Waals surface area contributed by atoms with Gasteiger partial charge in [-0.05, 0) is 46.6 Å². The largest absolute Gasteiger partial charge is 0.339 e. The van der Waals surface area contributed by atoms with E-state index in [1.165, 1.54) is 16.0 Å². The molecule has 3 nitrogen and oxygen atoms in total. The van der Waals surface area contributed by atoms with E-state index in [9.17, 15) is 9.59 Å². The summed E-state index contributed by atoms with van der Waals surface area (Å²) in [6.07, 6.45) is 2.92. The first-order valence-electron chi connectivity index (χ1n) is 8.07. The predicted molar refractivity (Wildman–Crippen MR) is 96.5 cm³/mol. The van der Waals surface area contributed by atoms with Crippen molar-refractivity contribution in [3.63, 3.8) is 0 Å². The van der Waals surface area contributed by atoms with Crippen LogP contribution in [0.2, 0.25) is 0 Å². The van der Waals surface area contributed by atoms with E-state index < -0.39 is 0 Å². The van der Waals surface area contributed by atoms with Crippen LogP contribution < -0.4 is 5.32 Å². The number of aryl methyl sites for hydroxylation is 1. The Bertz CT molecular complexity index is 829. The van der Waals surface area contributed by atoms with Crippen LogP contribution in [0.4, 0.5) is 0 Å². The molecular weight excluding hydrogens is 318 g/mol. The summed E-state index contributed by atoms with van der Waals surface area (Å²) in [6.45, 7) is 0. The zero-order chi connectivity index (χ0) is 16.5. The molecule has 2 aromatic rings. The molecule has 0 fully saturated rings. The molecule has 2 unspecified atom stereocenters. The zero-order valence-electron chi connectivity index (χ0n) is 13.1. The molecule has 0 saturated heterocycles. The summed E-state index contributed by atoms with van der Waals surface area (Å²) in [5.41, 5.74) is 4.18. The van der Waals surface area contributed by atoms with Crippen LogP contribution in [0.3, 0.4) is 0 Å². The molecule has 0 bridgehead atoms. The van der Waals surface area contributed by atoms with Crippen molar-refractivity contribution in [2.45, 2.75) is 18.2 Å². The van der Waals surface area contributed by atoms with Gasteiger partial charge in [-0.15, -0.1) is 11.8 Å². The first-order chi connectivity index (χ1) is 11.8. The molecule has 24 heavy (non-hydrogen) atoms. The van der Waals surface area contributed by atoms with E-state index in [0.717, 1.165) is 24.7 Å². The highest BCUT2D eigenvalue weighted by molar-refractivity contribution is 8.04. The van der Waals surface area contributed by atoms with Gasteiger partial charge in [0.05, 0.1) is 11.3 Å². The summed E-state index contributed by atoms with van der Waals surface area (Å²) in [4.78, 5) is 25.5. The first-order valence-corrected chi connectivity index (χ1v) is 8.95. The van der Waals surface area contributed by atoms with Crippen LogP contribution in [0, 0.1) is 5.92 Å². The van der Waals surface area contributed by atoms with Crippen molar-refractivity contribution in [2.75, 3.05) is 0 Å². The molecule has 4 rings (SSSR count). The van der Waals surface area contributed by atoms with Crippen molar-refractivity contribution in [2.24, 2.45) is 5.92 Å². The number of aldehydes is 1. The van der Waals surface area contributed by atoms with Crippen molar-refractivity contribution in [3.8, 4) is 0 Å². The molecule has 2 aliphatic rings. The number of hydrogen-bond acceptors (Lipinski definition) is 3. The third-order valence-corrected chi connectivity index (χ3v) is 5.99. The average Bonchev–Trinajstić information content (AvgIpc) is 3.00. The smallest absolute Gasteiger partial charge is 0.252 e. The van der Waals surface area contributed by atoms with E-state index in [4.69, 9.17) is 0 Å². The van der Waals surface area contributed by atoms with Gasteiger partial charge in [0.25, 0.3) is 5.91 Å². The number of fused-ring (bicyclic) bond motifs is 2. The van der Waals surface area contributed by atoms with E-state index in [-0.39, 0.29) is 17.2 Å². The van der Waals surface area contributed by atoms with Gasteiger partial charge in [-0.25, -0.2) is 0 Å². The maximum Gasteiger partial charge on any atom is 0.252 e. The molecule has 2 atom stereocenters. The van der Waals surface area contributed by atoms with Crippen LogP contribution in [-0.4, -0.2) is 17.6 Å². The molecule has 120 valence electrons. The Morgan fingerprint density at radius 1 is 1.04 bits per heavy atom. The minimum Gasteiger partial charge on any atom is -0.339 e. The predicted octanol–water partition coefficient (Wildman–Crippen LogP) is 3.66. The lowest BCUT2D eigenvalue weighted by Gasteiger charge is -2.21. The monoisotopic (exact) mass is 335 g/mol. The van der Waals surface area contributed by atoms with Crippen molar-refractivity contribution in [1.29, 1.82) is 0 Å². The van der Waals surface area contributed by atoms with Crippen molar-refractivity contribution < 1.29 is 9.59 Å². The molecular formula is C20H17NO2S. The van der Waals surface area contributed by atoms with Gasteiger partial charge in [0, 0.05) is 5.56 Å². The highest BCUT2D eigenvalue weighted by Gasteiger charge is 2.39. The summed E-state index contributed by atoms with van der Waals surface area (Å²) in [5, 5.41) is 2.80. The Labute approximate surface area is 145 Å². The number of amides is 1. The number of carbonyl (C=O) groups excluding carboxylic acids is 2. The number of rotatable bonds is 3. The fraction of sp³-hybridized carbons (Fsp3) is 0.200. The Hall–Kier alpha value is -2.33. The summed E-state index contributed by atoms with van der Waals surface area (Å²) in [7, 11) is 0. The second-order valence-corrected chi connectivity index (χ2v) is 7.27. The fourth-order valence-electron chi connectivity index (χ4n) is 3.46. The summed E-state index contributed by atoms with van der Waals surface area (Å²) >= 11 is 1.63. The molecule has 0 spiro atoms. The molecule has 1 aliphatic carbocycles. The van der Waals surface area contributed by atoms with Crippen molar-refractivity contribution >= 4 is 29.5 Å². The van der Waals surface area contributed by atoms with E-state index in [2.05, 4.69) is 17.4 Å². The second kappa shape index (κ2) is 6.29. The van der Waals surface area contributed by atoms with E-state index in [0.29, 0.717) is 5.56 Å². The van der Waals surface area contributed by atoms with E-state index in [1.54, 1.807) is 23.9 Å². The highest BCUT2D eigenvalue weighted by atomic mass is 32.2. The molecule has 0 aromatic heterocycles. The number of allylic oxidation sites excluding steroid dienone is 1. The number of nitrogens with one attached hydrogen (secondary N) is 1. The maximum absolute atomic E-state index is 12.5. The first kappa shape index (κ1) is 15.2. The van der Waals surface area contributed by atoms with E-state index in [1.807, 2.05) is 30.3 Å². The Balaban J connectivity index is 1.61. The molecule has 1 amide bonds. The Morgan fingerprint density at radius 2 is 1.79 bits per heavy atom. The van der Waals surface area contributed by atoms with Gasteiger partial charge < -0.3 is 10.1 Å². The third-order valence-electron chi connectivity index (χ3n) is 4.61. The lowest BCUT2D eigenvalue weighted by atomic mass is 9.84. The highest BCUT2D eigenvalue weighted by Crippen LogP contribution is 2.50. The summed E-state index contributed by atoms with van der Waals surface area (Å²) in [6, 6.07) is 17.4. The van der Waals surface area contributed by atoms with Crippen LogP contribution in [-0.2, 0) is 11.2 Å². The van der Waals surface area contributed by atoms with E-state index >= 15 is 0 Å². The number of hydrogen-bond donors (Lipinski definition) is 1. The minimum atomic E-state index is -0.292. The standard InChI is InChI=1S/C20H17NO2S/c22-12-16-18-15-9-5-4-6-13(15)10-11-17(18)24-20(16)21-19(23)14-7-2-1-3-8-14/h1-9,12,16,20H,10-11H2,(H,21,23). The van der Waals surface area contributed by atoms with Crippen LogP contribution in [0.5, 0.6) is 0 Å². The molecule has 2 aromatic carbocycles. The molecule has 1 N–H and O–H groups in total. The van der Waals surface area contributed by atoms with Crippen LogP contribution in [0.25, 0.3) is 5.57 Å². The maximum atomic E-state index is 12.5. The number of benzene rings is 2. The van der Waals surface area contributed by atoms with Gasteiger partial charge in [0.15, 0.2) is 0 Å². The zero-order valence-corrected chi connectivity index (χ0v) is 13.9. The minimum absolute atomic E-state index is 0.131. The normalized spacial score (nSPS) is 21.8. The quantitative estimate of drug-likeness (QED) is 0.871. The average molecular weight is 335 g/mol. The lowest BCUT2D eigenvalue weighted by Crippen LogP contribution is -2.37. The second-order valence-electron chi connectivity index (χ2n) is 6.03. The van der Waals surface area contributed by atoms with Crippen LogP contribution in [0.1, 0.15) is 27.9 Å². The Kier molecular flexibility index (Phi) is 3.98. The van der Waals surface area contributed by atoms with Gasteiger partial charge in [-0.2, -0.15) is 0 Å². The number of carbonyl (C=O) groups is 2. The van der Waals surface area contributed by atoms with Crippen LogP contribution >= 0.6 is 11.8 Å². The SMILES string of the molecule is O=CC1C2=C(CCc3ccccc32)SC1NC(=O)c1ccccc1. The molecule has 4 heteroatoms. The topological polar surface area (TPSA) is 46.2 Å². The molecule has 0 saturated carbocycles. The van der Waals surface area contributed by atoms with Gasteiger partial charge in [0.2, 0.25) is 0 Å². The molecule has 0 radical (unpaired) electrons. The fourth-order valence-corrected chi connectivity index (χ4v) is 4.87. The lowest BCUT2D eigenvalue weighted by molar-refractivity contribution is -0.109. The van der Waals surface area contributed by atoms with Gasteiger partial charge in [0.1, 0.15) is 6.29 Å². The van der Waals surface area contributed by atoms with Gasteiger partial charge >= 0.3 is 0 Å². The third kappa shape index (κ3) is 2.57. The van der Waals surface area contributed by atoms with Gasteiger partial charge in [-0.1, -0.05) is 42.5 Å². The van der Waals surface area contributed by atoms with Crippen molar-refractivity contribution in [3.05, 3.63) is 76.2 Å². The number of thioether (sulfide) groups is 1. The summed E-state index contributed by atoms with van der Waals surface area (Å²) in [5.74, 6) is -0.424. The van der Waals surface area contributed by atoms with Gasteiger partial charge in [-0.3, -0.25) is 4.79 Å². The molecule has 1 aliphatic heterocycles. The van der Waals surface area contributed by atoms with Crippen molar-refractivity contribution in [1.82, 2.24) is 5.32 Å². The Morgan fingerprint density at radius 3 is 2.58 bits per heavy atom. The van der Waals surface area contributed by atoms with Crippen LogP contribution in [0.15, 0.2) is 59.5 Å². The molecule has 1 heterocycles.